The van der Waals surface area contributed by atoms with Crippen LogP contribution in [0.2, 0.25) is 0 Å². The Kier molecular flexibility index (Phi) is 4.55. The molecule has 1 N–H and O–H groups in total. The van der Waals surface area contributed by atoms with Crippen LogP contribution in [0.1, 0.15) is 40.5 Å². The van der Waals surface area contributed by atoms with Crippen molar-refractivity contribution in [1.82, 2.24) is 4.90 Å². The Morgan fingerprint density at radius 2 is 2.18 bits per heavy atom. The third-order valence-corrected chi connectivity index (χ3v) is 3.40. The van der Waals surface area contributed by atoms with Gasteiger partial charge in [-0.1, -0.05) is 13.3 Å². The number of ether oxygens (including phenoxy) is 1. The highest BCUT2D eigenvalue weighted by Gasteiger charge is 2.37. The van der Waals surface area contributed by atoms with E-state index in [-0.39, 0.29) is 5.60 Å². The molecule has 0 saturated carbocycles. The molecule has 0 amide bonds. The second-order valence-corrected chi connectivity index (χ2v) is 5.93. The Morgan fingerprint density at radius 1 is 1.53 bits per heavy atom. The van der Waals surface area contributed by atoms with Gasteiger partial charge in [0.2, 0.25) is 0 Å². The number of carbonyl (C=O) groups is 1. The van der Waals surface area contributed by atoms with E-state index in [2.05, 4.69) is 18.7 Å². The van der Waals surface area contributed by atoms with Gasteiger partial charge in [0.15, 0.2) is 0 Å². The molecule has 17 heavy (non-hydrogen) atoms. The first-order valence-corrected chi connectivity index (χ1v) is 6.39. The van der Waals surface area contributed by atoms with Gasteiger partial charge < -0.3 is 9.84 Å². The fraction of sp³-hybridized carbons (Fsp3) is 0.923. The summed E-state index contributed by atoms with van der Waals surface area (Å²) < 4.78 is 5.64. The third kappa shape index (κ3) is 3.96. The summed E-state index contributed by atoms with van der Waals surface area (Å²) in [5, 5.41) is 9.37. The van der Waals surface area contributed by atoms with Crippen molar-refractivity contribution in [2.45, 2.75) is 46.1 Å². The van der Waals surface area contributed by atoms with Crippen molar-refractivity contribution in [2.75, 3.05) is 26.2 Å². The molecule has 1 heterocycles. The van der Waals surface area contributed by atoms with E-state index in [4.69, 9.17) is 4.74 Å². The molecule has 0 spiro atoms. The van der Waals surface area contributed by atoms with Gasteiger partial charge in [-0.2, -0.15) is 0 Å². The Labute approximate surface area is 104 Å². The summed E-state index contributed by atoms with van der Waals surface area (Å²) in [6, 6.07) is 0. The first kappa shape index (κ1) is 14.5. The van der Waals surface area contributed by atoms with Crippen LogP contribution in [0.15, 0.2) is 0 Å². The topological polar surface area (TPSA) is 49.8 Å². The second kappa shape index (κ2) is 5.36. The average molecular weight is 243 g/mol. The molecule has 1 aliphatic rings. The lowest BCUT2D eigenvalue weighted by Crippen LogP contribution is -2.52. The first-order valence-electron chi connectivity index (χ1n) is 6.39. The molecule has 1 unspecified atom stereocenters. The minimum absolute atomic E-state index is 0.163. The van der Waals surface area contributed by atoms with Gasteiger partial charge >= 0.3 is 5.97 Å². The molecule has 1 aliphatic heterocycles. The number of carboxylic acids is 1. The van der Waals surface area contributed by atoms with E-state index in [0.717, 1.165) is 25.9 Å². The van der Waals surface area contributed by atoms with Crippen molar-refractivity contribution in [3.05, 3.63) is 0 Å². The summed E-state index contributed by atoms with van der Waals surface area (Å²) in [6.45, 7) is 10.9. The Morgan fingerprint density at radius 3 is 2.65 bits per heavy atom. The van der Waals surface area contributed by atoms with Gasteiger partial charge in [0.05, 0.1) is 17.6 Å². The standard InChI is InChI=1S/C13H25NO3/c1-5-6-13(4,11(15)16)10-14-7-8-17-12(2,3)9-14/h5-10H2,1-4H3,(H,15,16). The number of carboxylic acid groups (broad SMARTS) is 1. The van der Waals surface area contributed by atoms with Crippen molar-refractivity contribution >= 4 is 5.97 Å². The van der Waals surface area contributed by atoms with E-state index in [9.17, 15) is 9.90 Å². The molecule has 0 aromatic heterocycles. The predicted octanol–water partition coefficient (Wildman–Crippen LogP) is 1.99. The van der Waals surface area contributed by atoms with Crippen LogP contribution >= 0.6 is 0 Å². The van der Waals surface area contributed by atoms with Crippen molar-refractivity contribution in [2.24, 2.45) is 5.41 Å². The van der Waals surface area contributed by atoms with Crippen molar-refractivity contribution in [3.63, 3.8) is 0 Å². The highest BCUT2D eigenvalue weighted by atomic mass is 16.5. The number of rotatable bonds is 5. The van der Waals surface area contributed by atoms with E-state index < -0.39 is 11.4 Å². The molecule has 1 saturated heterocycles. The van der Waals surface area contributed by atoms with Gasteiger partial charge in [-0.25, -0.2) is 0 Å². The van der Waals surface area contributed by atoms with E-state index in [1.54, 1.807) is 0 Å². The van der Waals surface area contributed by atoms with Gasteiger partial charge in [0.25, 0.3) is 0 Å². The minimum atomic E-state index is -0.691. The first-order chi connectivity index (χ1) is 7.79. The predicted molar refractivity (Wildman–Crippen MR) is 67.1 cm³/mol. The molecule has 1 rings (SSSR count). The number of hydrogen-bond donors (Lipinski definition) is 1. The van der Waals surface area contributed by atoms with Crippen molar-refractivity contribution in [3.8, 4) is 0 Å². The molecular weight excluding hydrogens is 218 g/mol. The number of aliphatic carboxylic acids is 1. The maximum atomic E-state index is 11.4. The fourth-order valence-corrected chi connectivity index (χ4v) is 2.55. The molecular formula is C13H25NO3. The molecule has 0 aromatic carbocycles. The fourth-order valence-electron chi connectivity index (χ4n) is 2.55. The Balaban J connectivity index is 2.64. The summed E-state index contributed by atoms with van der Waals surface area (Å²) in [5.74, 6) is -0.691. The van der Waals surface area contributed by atoms with E-state index in [0.29, 0.717) is 13.2 Å². The largest absolute Gasteiger partial charge is 0.481 e. The highest BCUT2D eigenvalue weighted by Crippen LogP contribution is 2.27. The van der Waals surface area contributed by atoms with E-state index in [1.807, 2.05) is 13.8 Å². The molecule has 1 fully saturated rings. The molecule has 0 bridgehead atoms. The zero-order valence-electron chi connectivity index (χ0n) is 11.5. The highest BCUT2D eigenvalue weighted by molar-refractivity contribution is 5.74. The van der Waals surface area contributed by atoms with Gasteiger partial charge in [-0.3, -0.25) is 9.69 Å². The summed E-state index contributed by atoms with van der Waals surface area (Å²) in [7, 11) is 0. The Bertz CT molecular complexity index is 278. The van der Waals surface area contributed by atoms with Crippen LogP contribution in [0.5, 0.6) is 0 Å². The van der Waals surface area contributed by atoms with Crippen LogP contribution in [-0.2, 0) is 9.53 Å². The van der Waals surface area contributed by atoms with Crippen LogP contribution in [0.25, 0.3) is 0 Å². The minimum Gasteiger partial charge on any atom is -0.481 e. The molecule has 4 nitrogen and oxygen atoms in total. The maximum absolute atomic E-state index is 11.4. The van der Waals surface area contributed by atoms with Crippen LogP contribution in [0.3, 0.4) is 0 Å². The Hall–Kier alpha value is -0.610. The monoisotopic (exact) mass is 243 g/mol. The molecule has 4 heteroatoms. The van der Waals surface area contributed by atoms with Crippen LogP contribution < -0.4 is 0 Å². The molecule has 1 atom stereocenters. The molecule has 0 aliphatic carbocycles. The van der Waals surface area contributed by atoms with Gasteiger partial charge in [0.1, 0.15) is 0 Å². The third-order valence-electron chi connectivity index (χ3n) is 3.40. The van der Waals surface area contributed by atoms with Crippen LogP contribution in [0, 0.1) is 5.41 Å². The zero-order chi connectivity index (χ0) is 13.1. The lowest BCUT2D eigenvalue weighted by molar-refractivity contribution is -0.152. The SMILES string of the molecule is CCCC(C)(CN1CCOC(C)(C)C1)C(=O)O. The van der Waals surface area contributed by atoms with Crippen molar-refractivity contribution < 1.29 is 14.6 Å². The maximum Gasteiger partial charge on any atom is 0.310 e. The lowest BCUT2D eigenvalue weighted by Gasteiger charge is -2.41. The molecule has 100 valence electrons. The van der Waals surface area contributed by atoms with Gasteiger partial charge in [-0.15, -0.1) is 0 Å². The molecule has 0 aromatic rings. The summed E-state index contributed by atoms with van der Waals surface area (Å²) in [6.07, 6.45) is 1.62. The number of nitrogens with zero attached hydrogens (tertiary/aromatic N) is 1. The normalized spacial score (nSPS) is 24.2. The average Bonchev–Trinajstić information content (AvgIpc) is 2.15. The van der Waals surface area contributed by atoms with E-state index >= 15 is 0 Å². The lowest BCUT2D eigenvalue weighted by atomic mass is 9.84. The summed E-state index contributed by atoms with van der Waals surface area (Å²) in [5.41, 5.74) is -0.800. The quantitative estimate of drug-likeness (QED) is 0.802. The summed E-state index contributed by atoms with van der Waals surface area (Å²) in [4.78, 5) is 13.6. The number of hydrogen-bond acceptors (Lipinski definition) is 3. The van der Waals surface area contributed by atoms with Gasteiger partial charge in [0, 0.05) is 19.6 Å². The van der Waals surface area contributed by atoms with E-state index in [1.165, 1.54) is 0 Å². The number of morpholine rings is 1. The summed E-state index contributed by atoms with van der Waals surface area (Å²) >= 11 is 0. The second-order valence-electron chi connectivity index (χ2n) is 5.93. The van der Waals surface area contributed by atoms with Gasteiger partial charge in [-0.05, 0) is 27.2 Å². The van der Waals surface area contributed by atoms with Crippen LogP contribution in [-0.4, -0.2) is 47.8 Å². The molecule has 0 radical (unpaired) electrons. The zero-order valence-corrected chi connectivity index (χ0v) is 11.5. The van der Waals surface area contributed by atoms with Crippen molar-refractivity contribution in [1.29, 1.82) is 0 Å². The smallest absolute Gasteiger partial charge is 0.310 e. The van der Waals surface area contributed by atoms with Crippen LogP contribution in [0.4, 0.5) is 0 Å².